The van der Waals surface area contributed by atoms with Gasteiger partial charge < -0.3 is 20.1 Å². The predicted molar refractivity (Wildman–Crippen MR) is 113 cm³/mol. The smallest absolute Gasteiger partial charge is 0.412 e. The Labute approximate surface area is 172 Å². The first kappa shape index (κ1) is 20.2. The van der Waals surface area contributed by atoms with Gasteiger partial charge in [0.15, 0.2) is 11.3 Å². The minimum Gasteiger partial charge on any atom is -0.437 e. The van der Waals surface area contributed by atoms with Crippen molar-refractivity contribution in [3.05, 3.63) is 35.5 Å². The van der Waals surface area contributed by atoms with Crippen molar-refractivity contribution in [1.29, 1.82) is 0 Å². The first-order valence-electron chi connectivity index (χ1n) is 10.5. The number of H-pyrrole nitrogens is 1. The number of nitrogens with zero attached hydrogens (tertiary/aromatic N) is 1. The fourth-order valence-electron chi connectivity index (χ4n) is 6.03. The number of hydrogen-bond donors (Lipinski definition) is 3. The van der Waals surface area contributed by atoms with Gasteiger partial charge in [-0.25, -0.2) is 4.79 Å². The van der Waals surface area contributed by atoms with E-state index < -0.39 is 17.4 Å². The summed E-state index contributed by atoms with van der Waals surface area (Å²) in [5.41, 5.74) is 0.864. The molecule has 4 N–H and O–H groups in total. The van der Waals surface area contributed by atoms with Crippen LogP contribution in [0, 0.1) is 6.92 Å². The van der Waals surface area contributed by atoms with Gasteiger partial charge in [0, 0.05) is 36.0 Å². The topological polar surface area (TPSA) is 82.2 Å². The normalized spacial score (nSPS) is 27.6. The van der Waals surface area contributed by atoms with E-state index in [0.717, 1.165) is 11.2 Å². The maximum atomic E-state index is 12.9. The molecular formula is C23H34N3O3+. The molecular weight excluding hydrogens is 366 g/mol. The third-order valence-electron chi connectivity index (χ3n) is 6.77. The van der Waals surface area contributed by atoms with E-state index >= 15 is 0 Å². The largest absolute Gasteiger partial charge is 0.437 e. The molecule has 2 aromatic rings. The zero-order chi connectivity index (χ0) is 21.2. The number of carbonyl (C=O) groups is 1. The van der Waals surface area contributed by atoms with E-state index in [0.29, 0.717) is 25.8 Å². The van der Waals surface area contributed by atoms with Crippen molar-refractivity contribution in [3.63, 3.8) is 0 Å². The summed E-state index contributed by atoms with van der Waals surface area (Å²) in [6.45, 7) is 12.8. The molecule has 2 aliphatic rings. The van der Waals surface area contributed by atoms with E-state index in [2.05, 4.69) is 57.1 Å². The van der Waals surface area contributed by atoms with Crippen molar-refractivity contribution in [1.82, 2.24) is 9.88 Å². The third-order valence-corrected chi connectivity index (χ3v) is 6.77. The molecule has 2 saturated heterocycles. The molecule has 0 saturated carbocycles. The molecule has 1 aromatic heterocycles. The summed E-state index contributed by atoms with van der Waals surface area (Å²) in [5, 5.41) is 15.1. The van der Waals surface area contributed by atoms with Crippen molar-refractivity contribution in [2.45, 2.75) is 83.2 Å². The molecule has 1 amide bonds. The summed E-state index contributed by atoms with van der Waals surface area (Å²) < 4.78 is 5.99. The van der Waals surface area contributed by atoms with E-state index in [1.54, 1.807) is 6.92 Å². The number of aryl methyl sites for hydroxylation is 1. The average Bonchev–Trinajstić information content (AvgIpc) is 2.94. The van der Waals surface area contributed by atoms with Gasteiger partial charge in [0.05, 0.1) is 11.1 Å². The first-order chi connectivity index (χ1) is 13.4. The number of fused-ring (bicyclic) bond motifs is 1. The van der Waals surface area contributed by atoms with E-state index in [4.69, 9.17) is 4.74 Å². The summed E-state index contributed by atoms with van der Waals surface area (Å²) in [4.78, 5) is 17.9. The number of carbonyl (C=O) groups excluding carboxylic acids is 1. The Kier molecular flexibility index (Phi) is 4.34. The van der Waals surface area contributed by atoms with Crippen molar-refractivity contribution >= 4 is 17.0 Å². The van der Waals surface area contributed by atoms with Crippen LogP contribution in [-0.4, -0.2) is 50.0 Å². The van der Waals surface area contributed by atoms with Crippen LogP contribution in [0.15, 0.2) is 24.3 Å². The molecule has 0 radical (unpaired) electrons. The molecule has 158 valence electrons. The van der Waals surface area contributed by atoms with Crippen LogP contribution in [0.4, 0.5) is 4.79 Å². The van der Waals surface area contributed by atoms with Crippen LogP contribution in [-0.2, 0) is 11.2 Å². The number of nitrogens with two attached hydrogens (primary N) is 1. The number of benzene rings is 1. The highest BCUT2D eigenvalue weighted by molar-refractivity contribution is 5.84. The van der Waals surface area contributed by atoms with Gasteiger partial charge in [-0.2, -0.15) is 0 Å². The highest BCUT2D eigenvalue weighted by Gasteiger charge is 2.68. The van der Waals surface area contributed by atoms with Crippen molar-refractivity contribution in [2.75, 3.05) is 6.54 Å². The number of hydrogen-bond acceptors (Lipinski definition) is 3. The SMILES string of the molecule is Cc1[nH]c2ccccc2c1CCN1C(=O)OC2(CC(C)(C)[NH2+]C(C)(C)C2)[C@]1(C)O. The molecule has 1 aromatic carbocycles. The summed E-state index contributed by atoms with van der Waals surface area (Å²) >= 11 is 0. The Balaban J connectivity index is 1.62. The maximum Gasteiger partial charge on any atom is 0.412 e. The third kappa shape index (κ3) is 3.22. The summed E-state index contributed by atoms with van der Waals surface area (Å²) in [7, 11) is 0. The predicted octanol–water partition coefficient (Wildman–Crippen LogP) is 2.83. The van der Waals surface area contributed by atoms with Crippen LogP contribution in [0.3, 0.4) is 0 Å². The zero-order valence-corrected chi connectivity index (χ0v) is 18.4. The van der Waals surface area contributed by atoms with Crippen molar-refractivity contribution in [2.24, 2.45) is 0 Å². The summed E-state index contributed by atoms with van der Waals surface area (Å²) in [5.74, 6) is 0. The van der Waals surface area contributed by atoms with Crippen LogP contribution in [0.5, 0.6) is 0 Å². The van der Waals surface area contributed by atoms with Crippen LogP contribution in [0.25, 0.3) is 10.9 Å². The fourth-order valence-corrected chi connectivity index (χ4v) is 6.03. The average molecular weight is 401 g/mol. The molecule has 2 aliphatic heterocycles. The number of nitrogens with one attached hydrogen (secondary N) is 1. The minimum atomic E-state index is -1.35. The molecule has 3 heterocycles. The molecule has 0 bridgehead atoms. The Morgan fingerprint density at radius 1 is 1.14 bits per heavy atom. The molecule has 6 nitrogen and oxygen atoms in total. The molecule has 29 heavy (non-hydrogen) atoms. The lowest BCUT2D eigenvalue weighted by Gasteiger charge is -2.51. The number of aromatic amines is 1. The van der Waals surface area contributed by atoms with Gasteiger partial charge in [-0.15, -0.1) is 0 Å². The van der Waals surface area contributed by atoms with Crippen molar-refractivity contribution in [3.8, 4) is 0 Å². The van der Waals surface area contributed by atoms with Crippen molar-refractivity contribution < 1.29 is 20.0 Å². The van der Waals surface area contributed by atoms with Crippen LogP contribution < -0.4 is 5.32 Å². The molecule has 4 rings (SSSR count). The lowest BCUT2D eigenvalue weighted by atomic mass is 9.68. The van der Waals surface area contributed by atoms with Crippen LogP contribution >= 0.6 is 0 Å². The van der Waals surface area contributed by atoms with E-state index in [1.807, 2.05) is 12.1 Å². The maximum absolute atomic E-state index is 12.9. The molecule has 0 aliphatic carbocycles. The second-order valence-electron chi connectivity index (χ2n) is 10.5. The molecule has 6 heteroatoms. The zero-order valence-electron chi connectivity index (χ0n) is 18.4. The second-order valence-corrected chi connectivity index (χ2v) is 10.5. The lowest BCUT2D eigenvalue weighted by molar-refractivity contribution is -0.793. The standard InChI is InChI=1S/C23H33N3O3/c1-15-16(17-9-7-8-10-18(17)24-15)11-12-26-19(27)29-23(22(26,6)28)13-20(2,3)25-21(4,5)14-23/h7-10,24-25,28H,11-14H2,1-6H3/p+1/t22-/m0/s1. The van der Waals surface area contributed by atoms with E-state index in [9.17, 15) is 9.90 Å². The Hall–Kier alpha value is -2.05. The van der Waals surface area contributed by atoms with E-state index in [1.165, 1.54) is 15.8 Å². The molecule has 2 fully saturated rings. The number of ether oxygens (including phenoxy) is 1. The number of piperidine rings is 1. The summed E-state index contributed by atoms with van der Waals surface area (Å²) in [6.07, 6.45) is 1.48. The Morgan fingerprint density at radius 3 is 2.41 bits per heavy atom. The van der Waals surface area contributed by atoms with Crippen LogP contribution in [0.1, 0.15) is 58.7 Å². The van der Waals surface area contributed by atoms with Gasteiger partial charge in [-0.05, 0) is 59.6 Å². The number of amides is 1. The second kappa shape index (κ2) is 6.22. The molecule has 0 unspecified atom stereocenters. The number of aromatic nitrogens is 1. The Bertz CT molecular complexity index is 941. The van der Waals surface area contributed by atoms with E-state index in [-0.39, 0.29) is 11.1 Å². The monoisotopic (exact) mass is 400 g/mol. The lowest BCUT2D eigenvalue weighted by Crippen LogP contribution is -3.07. The first-order valence-corrected chi connectivity index (χ1v) is 10.5. The van der Waals surface area contributed by atoms with Gasteiger partial charge >= 0.3 is 6.09 Å². The van der Waals surface area contributed by atoms with Gasteiger partial charge in [0.1, 0.15) is 0 Å². The van der Waals surface area contributed by atoms with Gasteiger partial charge in [-0.3, -0.25) is 4.90 Å². The number of quaternary nitrogens is 1. The number of rotatable bonds is 3. The quantitative estimate of drug-likeness (QED) is 0.741. The highest BCUT2D eigenvalue weighted by Crippen LogP contribution is 2.48. The number of para-hydroxylation sites is 1. The fraction of sp³-hybridized carbons (Fsp3) is 0.609. The summed E-state index contributed by atoms with van der Waals surface area (Å²) in [6, 6.07) is 8.19. The molecule has 1 spiro atoms. The minimum absolute atomic E-state index is 0.130. The van der Waals surface area contributed by atoms with Gasteiger partial charge in [0.2, 0.25) is 0 Å². The van der Waals surface area contributed by atoms with Crippen LogP contribution in [0.2, 0.25) is 0 Å². The van der Waals surface area contributed by atoms with Gasteiger partial charge in [0.25, 0.3) is 0 Å². The molecule has 1 atom stereocenters. The number of aliphatic hydroxyl groups is 1. The highest BCUT2D eigenvalue weighted by atomic mass is 16.6. The Morgan fingerprint density at radius 2 is 1.76 bits per heavy atom. The van der Waals surface area contributed by atoms with Gasteiger partial charge in [-0.1, -0.05) is 18.2 Å².